The van der Waals surface area contributed by atoms with Gasteiger partial charge in [0.2, 0.25) is 0 Å². The van der Waals surface area contributed by atoms with Crippen molar-refractivity contribution in [3.8, 4) is 11.1 Å². The van der Waals surface area contributed by atoms with Crippen molar-refractivity contribution in [3.05, 3.63) is 97.1 Å². The maximum atomic E-state index is 2.51. The molecule has 0 radical (unpaired) electrons. The summed E-state index contributed by atoms with van der Waals surface area (Å²) in [4.78, 5) is 2.51. The molecule has 4 aromatic carbocycles. The lowest BCUT2D eigenvalue weighted by Gasteiger charge is -2.39. The van der Waals surface area contributed by atoms with Crippen molar-refractivity contribution < 1.29 is 0 Å². The van der Waals surface area contributed by atoms with Gasteiger partial charge in [0.1, 0.15) is 0 Å². The van der Waals surface area contributed by atoms with Crippen molar-refractivity contribution in [2.45, 2.75) is 26.3 Å². The lowest BCUT2D eigenvalue weighted by Crippen LogP contribution is -2.38. The van der Waals surface area contributed by atoms with Crippen molar-refractivity contribution >= 4 is 42.9 Å². The summed E-state index contributed by atoms with van der Waals surface area (Å²) in [5, 5.41) is 2.67. The van der Waals surface area contributed by atoms with E-state index in [1.807, 2.05) is 11.3 Å². The van der Waals surface area contributed by atoms with Gasteiger partial charge in [-0.1, -0.05) is 78.9 Å². The minimum absolute atomic E-state index is 0.0880. The van der Waals surface area contributed by atoms with E-state index >= 15 is 0 Å². The Balaban J connectivity index is 1.80. The van der Waals surface area contributed by atoms with Gasteiger partial charge in [-0.25, -0.2) is 0 Å². The molecule has 148 valence electrons. The molecule has 0 saturated carbocycles. The Labute approximate surface area is 182 Å². The van der Waals surface area contributed by atoms with Crippen molar-refractivity contribution in [1.82, 2.24) is 0 Å². The Morgan fingerprint density at radius 1 is 0.600 bits per heavy atom. The number of anilines is 2. The van der Waals surface area contributed by atoms with Gasteiger partial charge in [0.05, 0.1) is 10.4 Å². The smallest absolute Gasteiger partial charge is 0.0597 e. The Morgan fingerprint density at radius 2 is 1.23 bits per heavy atom. The number of nitrogens with zero attached hydrogens (tertiary/aromatic N) is 1. The van der Waals surface area contributed by atoms with Crippen LogP contribution in [0.25, 0.3) is 31.3 Å². The van der Waals surface area contributed by atoms with Gasteiger partial charge in [-0.3, -0.25) is 0 Å². The molecule has 0 amide bonds. The van der Waals surface area contributed by atoms with Crippen LogP contribution < -0.4 is 4.90 Å². The van der Waals surface area contributed by atoms with E-state index in [4.69, 9.17) is 0 Å². The van der Waals surface area contributed by atoms with Crippen LogP contribution in [0.3, 0.4) is 0 Å². The summed E-state index contributed by atoms with van der Waals surface area (Å²) in [5.74, 6) is 0. The van der Waals surface area contributed by atoms with E-state index in [0.717, 1.165) is 0 Å². The van der Waals surface area contributed by atoms with Gasteiger partial charge in [-0.2, -0.15) is 0 Å². The monoisotopic (exact) mass is 407 g/mol. The molecule has 0 bridgehead atoms. The maximum Gasteiger partial charge on any atom is 0.0597 e. The fourth-order valence-corrected chi connectivity index (χ4v) is 5.50. The molecule has 0 N–H and O–H groups in total. The molecular formula is C28H25NS. The molecule has 1 heterocycles. The zero-order chi connectivity index (χ0) is 20.7. The zero-order valence-corrected chi connectivity index (χ0v) is 18.4. The third-order valence-electron chi connectivity index (χ3n) is 5.52. The number of thiophene rings is 1. The Hall–Kier alpha value is -3.10. The van der Waals surface area contributed by atoms with Gasteiger partial charge < -0.3 is 4.90 Å². The number of fused-ring (bicyclic) bond motifs is 3. The van der Waals surface area contributed by atoms with Gasteiger partial charge in [0, 0.05) is 32.3 Å². The topological polar surface area (TPSA) is 3.24 Å². The van der Waals surface area contributed by atoms with Gasteiger partial charge in [0.15, 0.2) is 0 Å². The molecule has 0 saturated heterocycles. The lowest BCUT2D eigenvalue weighted by molar-refractivity contribution is 0.562. The Kier molecular flexibility index (Phi) is 4.60. The molecule has 0 atom stereocenters. The maximum absolute atomic E-state index is 2.51. The molecule has 1 aromatic heterocycles. The first-order valence-electron chi connectivity index (χ1n) is 10.4. The van der Waals surface area contributed by atoms with Gasteiger partial charge in [0.25, 0.3) is 0 Å². The molecule has 30 heavy (non-hydrogen) atoms. The van der Waals surface area contributed by atoms with Crippen LogP contribution in [0.1, 0.15) is 20.8 Å². The molecule has 0 aliphatic heterocycles. The normalized spacial score (nSPS) is 11.8. The molecule has 1 nitrogen and oxygen atoms in total. The largest absolute Gasteiger partial charge is 0.334 e. The van der Waals surface area contributed by atoms with E-state index < -0.39 is 0 Å². The highest BCUT2D eigenvalue weighted by molar-refractivity contribution is 7.26. The number of benzene rings is 4. The van der Waals surface area contributed by atoms with Gasteiger partial charge >= 0.3 is 0 Å². The van der Waals surface area contributed by atoms with Crippen molar-refractivity contribution in [3.63, 3.8) is 0 Å². The SMILES string of the molecule is CC(C)(C)N(c1ccccc1-c1ccccc1)c1cccc2c1sc1ccccc12. The first-order valence-corrected chi connectivity index (χ1v) is 11.2. The summed E-state index contributed by atoms with van der Waals surface area (Å²) in [6.45, 7) is 6.88. The van der Waals surface area contributed by atoms with Crippen LogP contribution in [-0.2, 0) is 0 Å². The van der Waals surface area contributed by atoms with Crippen LogP contribution in [0.2, 0.25) is 0 Å². The third kappa shape index (κ3) is 3.18. The van der Waals surface area contributed by atoms with E-state index in [1.54, 1.807) is 0 Å². The number of hydrogen-bond donors (Lipinski definition) is 0. The highest BCUT2D eigenvalue weighted by atomic mass is 32.1. The van der Waals surface area contributed by atoms with E-state index in [1.165, 1.54) is 42.7 Å². The highest BCUT2D eigenvalue weighted by Crippen LogP contribution is 2.46. The van der Waals surface area contributed by atoms with E-state index in [9.17, 15) is 0 Å². The molecule has 0 fully saturated rings. The average Bonchev–Trinajstić information content (AvgIpc) is 3.14. The second kappa shape index (κ2) is 7.30. The molecule has 0 aliphatic carbocycles. The van der Waals surface area contributed by atoms with Crippen molar-refractivity contribution in [2.75, 3.05) is 4.90 Å². The summed E-state index contributed by atoms with van der Waals surface area (Å²) in [7, 11) is 0. The Bertz CT molecular complexity index is 1330. The van der Waals surface area contributed by atoms with E-state index in [0.29, 0.717) is 0 Å². The van der Waals surface area contributed by atoms with Crippen LogP contribution in [0.5, 0.6) is 0 Å². The van der Waals surface area contributed by atoms with E-state index in [-0.39, 0.29) is 5.54 Å². The summed E-state index contributed by atoms with van der Waals surface area (Å²) >= 11 is 1.89. The zero-order valence-electron chi connectivity index (χ0n) is 17.6. The Morgan fingerprint density at radius 3 is 2.03 bits per heavy atom. The minimum atomic E-state index is -0.0880. The summed E-state index contributed by atoms with van der Waals surface area (Å²) < 4.78 is 2.68. The number of hydrogen-bond acceptors (Lipinski definition) is 2. The van der Waals surface area contributed by atoms with Crippen LogP contribution in [0, 0.1) is 0 Å². The van der Waals surface area contributed by atoms with Crippen LogP contribution in [-0.4, -0.2) is 5.54 Å². The second-order valence-electron chi connectivity index (χ2n) is 8.64. The van der Waals surface area contributed by atoms with Crippen LogP contribution >= 0.6 is 11.3 Å². The second-order valence-corrected chi connectivity index (χ2v) is 9.69. The fourth-order valence-electron chi connectivity index (χ4n) is 4.29. The molecule has 5 rings (SSSR count). The lowest BCUT2D eigenvalue weighted by atomic mass is 9.97. The number of rotatable bonds is 3. The standard InChI is InChI=1S/C28H25NS/c1-28(2,3)29(24-17-9-7-14-21(24)20-12-5-4-6-13-20)25-18-11-16-23-22-15-8-10-19-26(22)30-27(23)25/h4-19H,1-3H3. The average molecular weight is 408 g/mol. The first kappa shape index (κ1) is 18.9. The predicted octanol–water partition coefficient (Wildman–Crippen LogP) is 8.66. The van der Waals surface area contributed by atoms with E-state index in [2.05, 4.69) is 123 Å². The summed E-state index contributed by atoms with van der Waals surface area (Å²) in [6.07, 6.45) is 0. The van der Waals surface area contributed by atoms with Gasteiger partial charge in [-0.05, 0) is 44.5 Å². The molecule has 0 unspecified atom stereocenters. The van der Waals surface area contributed by atoms with Crippen molar-refractivity contribution in [2.24, 2.45) is 0 Å². The predicted molar refractivity (Wildman–Crippen MR) is 133 cm³/mol. The summed E-state index contributed by atoms with van der Waals surface area (Å²) in [6, 6.07) is 34.9. The van der Waals surface area contributed by atoms with Crippen LogP contribution in [0.4, 0.5) is 11.4 Å². The minimum Gasteiger partial charge on any atom is -0.334 e. The number of para-hydroxylation sites is 1. The molecule has 0 spiro atoms. The summed E-state index contributed by atoms with van der Waals surface area (Å²) in [5.41, 5.74) is 4.91. The van der Waals surface area contributed by atoms with Crippen LogP contribution in [0.15, 0.2) is 97.1 Å². The fraction of sp³-hybridized carbons (Fsp3) is 0.143. The highest BCUT2D eigenvalue weighted by Gasteiger charge is 2.28. The molecule has 0 aliphatic rings. The molecular weight excluding hydrogens is 382 g/mol. The third-order valence-corrected chi connectivity index (χ3v) is 6.73. The molecule has 5 aromatic rings. The molecule has 2 heteroatoms. The first-order chi connectivity index (χ1) is 14.5. The van der Waals surface area contributed by atoms with Gasteiger partial charge in [-0.15, -0.1) is 11.3 Å². The quantitative estimate of drug-likeness (QED) is 0.289. The van der Waals surface area contributed by atoms with Crippen molar-refractivity contribution in [1.29, 1.82) is 0 Å².